The summed E-state index contributed by atoms with van der Waals surface area (Å²) in [5.41, 5.74) is 0. The first kappa shape index (κ1) is 15.8. The third kappa shape index (κ3) is 4.15. The topological polar surface area (TPSA) is 99.4 Å². The average molecular weight is 264 g/mol. The van der Waals surface area contributed by atoms with Gasteiger partial charge in [0, 0.05) is 6.61 Å². The van der Waals surface area contributed by atoms with Crippen LogP contribution >= 0.6 is 0 Å². The van der Waals surface area contributed by atoms with Crippen molar-refractivity contribution in [2.45, 2.75) is 63.3 Å². The summed E-state index contributed by atoms with van der Waals surface area (Å²) in [7, 11) is 0. The SMILES string of the molecule is CCCCCCO[C@@H]1O[C@@H](CO)[C@H](O)[C@@H](O)[C@@H]1O. The first-order valence-electron chi connectivity index (χ1n) is 6.54. The second-order valence-corrected chi connectivity index (χ2v) is 4.63. The highest BCUT2D eigenvalue weighted by atomic mass is 16.7. The van der Waals surface area contributed by atoms with Gasteiger partial charge in [-0.2, -0.15) is 0 Å². The molecule has 6 heteroatoms. The van der Waals surface area contributed by atoms with E-state index < -0.39 is 37.3 Å². The van der Waals surface area contributed by atoms with E-state index in [0.717, 1.165) is 25.7 Å². The molecule has 0 saturated carbocycles. The van der Waals surface area contributed by atoms with Crippen LogP contribution < -0.4 is 0 Å². The van der Waals surface area contributed by atoms with E-state index in [1.165, 1.54) is 0 Å². The maximum atomic E-state index is 9.68. The van der Waals surface area contributed by atoms with Gasteiger partial charge >= 0.3 is 0 Å². The van der Waals surface area contributed by atoms with Crippen molar-refractivity contribution in [3.05, 3.63) is 0 Å². The smallest absolute Gasteiger partial charge is 0.186 e. The highest BCUT2D eigenvalue weighted by molar-refractivity contribution is 4.88. The number of hydrogen-bond acceptors (Lipinski definition) is 6. The lowest BCUT2D eigenvalue weighted by Crippen LogP contribution is -2.59. The van der Waals surface area contributed by atoms with Gasteiger partial charge in [0.15, 0.2) is 6.29 Å². The molecule has 4 N–H and O–H groups in total. The summed E-state index contributed by atoms with van der Waals surface area (Å²) >= 11 is 0. The van der Waals surface area contributed by atoms with Gasteiger partial charge in [-0.3, -0.25) is 0 Å². The van der Waals surface area contributed by atoms with Gasteiger partial charge in [0.1, 0.15) is 24.4 Å². The highest BCUT2D eigenvalue weighted by Gasteiger charge is 2.43. The fraction of sp³-hybridized carbons (Fsp3) is 1.00. The lowest BCUT2D eigenvalue weighted by atomic mass is 9.99. The van der Waals surface area contributed by atoms with Crippen LogP contribution in [0.4, 0.5) is 0 Å². The molecule has 18 heavy (non-hydrogen) atoms. The van der Waals surface area contributed by atoms with Crippen LogP contribution in [0.25, 0.3) is 0 Å². The van der Waals surface area contributed by atoms with E-state index in [2.05, 4.69) is 6.92 Å². The fourth-order valence-corrected chi connectivity index (χ4v) is 1.93. The number of aliphatic hydroxyl groups is 4. The summed E-state index contributed by atoms with van der Waals surface area (Å²) in [6, 6.07) is 0. The van der Waals surface area contributed by atoms with Crippen LogP contribution in [0.1, 0.15) is 32.6 Å². The van der Waals surface area contributed by atoms with Gasteiger partial charge in [-0.05, 0) is 6.42 Å². The quantitative estimate of drug-likeness (QED) is 0.458. The van der Waals surface area contributed by atoms with Crippen molar-refractivity contribution in [3.8, 4) is 0 Å². The molecule has 1 aliphatic heterocycles. The minimum absolute atomic E-state index is 0.419. The Bertz CT molecular complexity index is 223. The van der Waals surface area contributed by atoms with Crippen LogP contribution in [0.3, 0.4) is 0 Å². The number of rotatable bonds is 7. The second-order valence-electron chi connectivity index (χ2n) is 4.63. The molecule has 0 radical (unpaired) electrons. The molecule has 5 atom stereocenters. The van der Waals surface area contributed by atoms with Gasteiger partial charge in [0.25, 0.3) is 0 Å². The molecule has 0 unspecified atom stereocenters. The Kier molecular flexibility index (Phi) is 7.06. The first-order valence-corrected chi connectivity index (χ1v) is 6.54. The Morgan fingerprint density at radius 2 is 1.72 bits per heavy atom. The predicted octanol–water partition coefficient (Wildman–Crippen LogP) is -0.617. The van der Waals surface area contributed by atoms with Gasteiger partial charge < -0.3 is 29.9 Å². The first-order chi connectivity index (χ1) is 8.61. The Hall–Kier alpha value is -0.240. The predicted molar refractivity (Wildman–Crippen MR) is 63.9 cm³/mol. The fourth-order valence-electron chi connectivity index (χ4n) is 1.93. The van der Waals surface area contributed by atoms with E-state index in [1.807, 2.05) is 0 Å². The minimum atomic E-state index is -1.36. The molecular formula is C12H24O6. The van der Waals surface area contributed by atoms with E-state index in [4.69, 9.17) is 14.6 Å². The molecule has 0 amide bonds. The lowest BCUT2D eigenvalue weighted by Gasteiger charge is -2.39. The van der Waals surface area contributed by atoms with Gasteiger partial charge in [-0.15, -0.1) is 0 Å². The van der Waals surface area contributed by atoms with E-state index in [-0.39, 0.29) is 0 Å². The monoisotopic (exact) mass is 264 g/mol. The molecule has 1 fully saturated rings. The molecule has 0 aromatic rings. The van der Waals surface area contributed by atoms with Crippen molar-refractivity contribution in [2.75, 3.05) is 13.2 Å². The van der Waals surface area contributed by atoms with Crippen LogP contribution in [0.2, 0.25) is 0 Å². The zero-order valence-corrected chi connectivity index (χ0v) is 10.7. The van der Waals surface area contributed by atoms with E-state index in [9.17, 15) is 15.3 Å². The van der Waals surface area contributed by atoms with Crippen molar-refractivity contribution < 1.29 is 29.9 Å². The molecule has 0 aromatic heterocycles. The van der Waals surface area contributed by atoms with Crippen LogP contribution in [0, 0.1) is 0 Å². The van der Waals surface area contributed by atoms with Gasteiger partial charge in [-0.1, -0.05) is 26.2 Å². The van der Waals surface area contributed by atoms with Crippen LogP contribution in [-0.2, 0) is 9.47 Å². The van der Waals surface area contributed by atoms with E-state index >= 15 is 0 Å². The normalized spacial score (nSPS) is 36.8. The van der Waals surface area contributed by atoms with Crippen LogP contribution in [-0.4, -0.2) is 64.3 Å². The largest absolute Gasteiger partial charge is 0.394 e. The van der Waals surface area contributed by atoms with Crippen molar-refractivity contribution in [1.82, 2.24) is 0 Å². The Balaban J connectivity index is 2.35. The molecule has 6 nitrogen and oxygen atoms in total. The summed E-state index contributed by atoms with van der Waals surface area (Å²) in [6.45, 7) is 2.10. The van der Waals surface area contributed by atoms with Crippen molar-refractivity contribution in [3.63, 3.8) is 0 Å². The molecule has 0 aromatic carbocycles. The minimum Gasteiger partial charge on any atom is -0.394 e. The second kappa shape index (κ2) is 8.04. The number of aliphatic hydroxyl groups excluding tert-OH is 4. The van der Waals surface area contributed by atoms with E-state index in [1.54, 1.807) is 0 Å². The van der Waals surface area contributed by atoms with Crippen LogP contribution in [0.15, 0.2) is 0 Å². The van der Waals surface area contributed by atoms with Crippen molar-refractivity contribution in [2.24, 2.45) is 0 Å². The lowest BCUT2D eigenvalue weighted by molar-refractivity contribution is -0.301. The number of hydrogen-bond donors (Lipinski definition) is 4. The van der Waals surface area contributed by atoms with Crippen molar-refractivity contribution >= 4 is 0 Å². The van der Waals surface area contributed by atoms with Gasteiger partial charge in [0.2, 0.25) is 0 Å². The van der Waals surface area contributed by atoms with Crippen molar-refractivity contribution in [1.29, 1.82) is 0 Å². The summed E-state index contributed by atoms with van der Waals surface area (Å²) in [6.07, 6.45) is -1.75. The summed E-state index contributed by atoms with van der Waals surface area (Å²) in [5.74, 6) is 0. The standard InChI is InChI=1S/C12H24O6/c1-2-3-4-5-6-17-12-11(16)10(15)9(14)8(7-13)18-12/h8-16H,2-7H2,1H3/t8-,9-,10+,11-,12+/m0/s1. The Morgan fingerprint density at radius 3 is 2.33 bits per heavy atom. The van der Waals surface area contributed by atoms with Crippen LogP contribution in [0.5, 0.6) is 0 Å². The molecule has 0 bridgehead atoms. The Labute approximate surface area is 107 Å². The maximum absolute atomic E-state index is 9.68. The molecular weight excluding hydrogens is 240 g/mol. The third-order valence-corrected chi connectivity index (χ3v) is 3.13. The molecule has 0 spiro atoms. The maximum Gasteiger partial charge on any atom is 0.186 e. The molecule has 1 saturated heterocycles. The summed E-state index contributed by atoms with van der Waals surface area (Å²) in [4.78, 5) is 0. The Morgan fingerprint density at radius 1 is 1.00 bits per heavy atom. The molecule has 0 aliphatic carbocycles. The average Bonchev–Trinajstić information content (AvgIpc) is 2.38. The zero-order valence-electron chi connectivity index (χ0n) is 10.7. The zero-order chi connectivity index (χ0) is 13.5. The van der Waals surface area contributed by atoms with Gasteiger partial charge in [0.05, 0.1) is 6.61 Å². The third-order valence-electron chi connectivity index (χ3n) is 3.13. The summed E-state index contributed by atoms with van der Waals surface area (Å²) < 4.78 is 10.5. The molecule has 1 heterocycles. The molecule has 108 valence electrons. The van der Waals surface area contributed by atoms with Gasteiger partial charge in [-0.25, -0.2) is 0 Å². The number of ether oxygens (including phenoxy) is 2. The molecule has 1 rings (SSSR count). The molecule has 1 aliphatic rings. The number of unbranched alkanes of at least 4 members (excludes halogenated alkanes) is 3. The summed E-state index contributed by atoms with van der Waals surface area (Å²) in [5, 5.41) is 37.8. The highest BCUT2D eigenvalue weighted by Crippen LogP contribution is 2.22. The van der Waals surface area contributed by atoms with E-state index in [0.29, 0.717) is 6.61 Å².